The Bertz CT molecular complexity index is 269. The van der Waals surface area contributed by atoms with Gasteiger partial charge in [0.1, 0.15) is 0 Å². The SMILES string of the molecule is C1COCCN1.CCOC(=O)c1ccco1. The number of carbonyl (C=O) groups excluding carboxylic acids is 1. The zero-order valence-electron chi connectivity index (χ0n) is 9.40. The average Bonchev–Trinajstić information content (AvgIpc) is 2.86. The first kappa shape index (κ1) is 12.7. The van der Waals surface area contributed by atoms with Crippen molar-refractivity contribution in [3.63, 3.8) is 0 Å². The molecule has 0 spiro atoms. The molecule has 5 nitrogen and oxygen atoms in total. The predicted molar refractivity (Wildman–Crippen MR) is 58.4 cm³/mol. The molecule has 1 aromatic heterocycles. The monoisotopic (exact) mass is 227 g/mol. The van der Waals surface area contributed by atoms with Gasteiger partial charge < -0.3 is 19.2 Å². The van der Waals surface area contributed by atoms with Crippen molar-refractivity contribution in [1.82, 2.24) is 5.32 Å². The molecule has 5 heteroatoms. The molecule has 1 fully saturated rings. The molecule has 16 heavy (non-hydrogen) atoms. The summed E-state index contributed by atoms with van der Waals surface area (Å²) in [4.78, 5) is 10.8. The Balaban J connectivity index is 0.000000181. The number of carbonyl (C=O) groups is 1. The Morgan fingerprint density at radius 3 is 2.62 bits per heavy atom. The molecule has 90 valence electrons. The smallest absolute Gasteiger partial charge is 0.374 e. The molecule has 1 aliphatic rings. The van der Waals surface area contributed by atoms with Gasteiger partial charge in [0.25, 0.3) is 0 Å². The summed E-state index contributed by atoms with van der Waals surface area (Å²) in [5.41, 5.74) is 0. The van der Waals surface area contributed by atoms with Gasteiger partial charge in [-0.25, -0.2) is 4.79 Å². The molecule has 0 radical (unpaired) electrons. The lowest BCUT2D eigenvalue weighted by Gasteiger charge is -2.10. The lowest BCUT2D eigenvalue weighted by atomic mass is 10.5. The third-order valence-electron chi connectivity index (χ3n) is 1.84. The topological polar surface area (TPSA) is 60.7 Å². The molecule has 0 bridgehead atoms. The highest BCUT2D eigenvalue weighted by Crippen LogP contribution is 2.01. The lowest BCUT2D eigenvalue weighted by Crippen LogP contribution is -2.30. The maximum absolute atomic E-state index is 10.8. The highest BCUT2D eigenvalue weighted by atomic mass is 16.5. The van der Waals surface area contributed by atoms with Crippen LogP contribution < -0.4 is 5.32 Å². The van der Waals surface area contributed by atoms with Gasteiger partial charge in [-0.15, -0.1) is 0 Å². The quantitative estimate of drug-likeness (QED) is 0.765. The van der Waals surface area contributed by atoms with Crippen molar-refractivity contribution < 1.29 is 18.7 Å². The van der Waals surface area contributed by atoms with Gasteiger partial charge in [0.05, 0.1) is 26.1 Å². The van der Waals surface area contributed by atoms with E-state index in [0.29, 0.717) is 6.61 Å². The van der Waals surface area contributed by atoms with Crippen LogP contribution in [-0.2, 0) is 9.47 Å². The molecule has 1 saturated heterocycles. The molecule has 1 aliphatic heterocycles. The van der Waals surface area contributed by atoms with Gasteiger partial charge in [0, 0.05) is 13.1 Å². The summed E-state index contributed by atoms with van der Waals surface area (Å²) in [5.74, 6) is -0.158. The predicted octanol–water partition coefficient (Wildman–Crippen LogP) is 1.06. The molecule has 1 N–H and O–H groups in total. The molecule has 0 atom stereocenters. The van der Waals surface area contributed by atoms with Crippen molar-refractivity contribution in [2.45, 2.75) is 6.92 Å². The van der Waals surface area contributed by atoms with E-state index in [1.165, 1.54) is 6.26 Å². The van der Waals surface area contributed by atoms with Crippen molar-refractivity contribution >= 4 is 5.97 Å². The number of nitrogens with one attached hydrogen (secondary N) is 1. The van der Waals surface area contributed by atoms with Crippen molar-refractivity contribution in [2.24, 2.45) is 0 Å². The second kappa shape index (κ2) is 7.90. The highest BCUT2D eigenvalue weighted by Gasteiger charge is 2.07. The van der Waals surface area contributed by atoms with Gasteiger partial charge in [-0.05, 0) is 19.1 Å². The fourth-order valence-corrected chi connectivity index (χ4v) is 1.11. The molecule has 0 saturated carbocycles. The molecular formula is C11H17NO4. The van der Waals surface area contributed by atoms with Gasteiger partial charge >= 0.3 is 5.97 Å². The van der Waals surface area contributed by atoms with E-state index >= 15 is 0 Å². The minimum absolute atomic E-state index is 0.252. The summed E-state index contributed by atoms with van der Waals surface area (Å²) in [6.07, 6.45) is 1.44. The summed E-state index contributed by atoms with van der Waals surface area (Å²) < 4.78 is 14.4. The van der Waals surface area contributed by atoms with Gasteiger partial charge in [0.15, 0.2) is 0 Å². The van der Waals surface area contributed by atoms with Crippen LogP contribution in [0.1, 0.15) is 17.5 Å². The van der Waals surface area contributed by atoms with E-state index in [2.05, 4.69) is 10.1 Å². The van der Waals surface area contributed by atoms with Crippen LogP contribution in [-0.4, -0.2) is 38.9 Å². The van der Waals surface area contributed by atoms with Crippen LogP contribution in [0.15, 0.2) is 22.8 Å². The minimum Gasteiger partial charge on any atom is -0.460 e. The largest absolute Gasteiger partial charge is 0.460 e. The van der Waals surface area contributed by atoms with Crippen molar-refractivity contribution in [3.8, 4) is 0 Å². The molecule has 1 aromatic rings. The maximum atomic E-state index is 10.8. The number of hydrogen-bond donors (Lipinski definition) is 1. The van der Waals surface area contributed by atoms with E-state index in [1.54, 1.807) is 19.1 Å². The normalized spacial score (nSPS) is 14.8. The van der Waals surface area contributed by atoms with Crippen molar-refractivity contribution in [3.05, 3.63) is 24.2 Å². The molecule has 0 aromatic carbocycles. The van der Waals surface area contributed by atoms with Crippen LogP contribution >= 0.6 is 0 Å². The Hall–Kier alpha value is -1.33. The number of furan rings is 1. The van der Waals surface area contributed by atoms with Crippen molar-refractivity contribution in [1.29, 1.82) is 0 Å². The first-order valence-corrected chi connectivity index (χ1v) is 5.33. The van der Waals surface area contributed by atoms with E-state index in [1.807, 2.05) is 0 Å². The fraction of sp³-hybridized carbons (Fsp3) is 0.545. The molecule has 2 heterocycles. The van der Waals surface area contributed by atoms with E-state index < -0.39 is 5.97 Å². The standard InChI is InChI=1S/C7H8O3.C4H9NO/c1-2-9-7(8)6-4-3-5-10-6;1-3-6-4-2-5-1/h3-5H,2H2,1H3;5H,1-4H2. The number of esters is 1. The van der Waals surface area contributed by atoms with Gasteiger partial charge in [0.2, 0.25) is 5.76 Å². The van der Waals surface area contributed by atoms with Gasteiger partial charge in [-0.1, -0.05) is 0 Å². The Labute approximate surface area is 94.7 Å². The molecular weight excluding hydrogens is 210 g/mol. The second-order valence-corrected chi connectivity index (χ2v) is 3.06. The number of ether oxygens (including phenoxy) is 2. The van der Waals surface area contributed by atoms with E-state index in [4.69, 9.17) is 9.15 Å². The van der Waals surface area contributed by atoms with Gasteiger partial charge in [-0.3, -0.25) is 0 Å². The number of rotatable bonds is 2. The number of morpholine rings is 1. The fourth-order valence-electron chi connectivity index (χ4n) is 1.11. The first-order valence-electron chi connectivity index (χ1n) is 5.33. The number of hydrogen-bond acceptors (Lipinski definition) is 5. The van der Waals surface area contributed by atoms with Gasteiger partial charge in [-0.2, -0.15) is 0 Å². The lowest BCUT2D eigenvalue weighted by molar-refractivity contribution is 0.0490. The summed E-state index contributed by atoms with van der Waals surface area (Å²) in [5, 5.41) is 3.16. The minimum atomic E-state index is -0.410. The van der Waals surface area contributed by atoms with Crippen LogP contribution in [0.4, 0.5) is 0 Å². The molecule has 0 amide bonds. The maximum Gasteiger partial charge on any atom is 0.374 e. The molecule has 2 rings (SSSR count). The van der Waals surface area contributed by atoms with Crippen molar-refractivity contribution in [2.75, 3.05) is 32.9 Å². The first-order chi connectivity index (χ1) is 7.84. The van der Waals surface area contributed by atoms with E-state index in [-0.39, 0.29) is 5.76 Å². The van der Waals surface area contributed by atoms with Crippen LogP contribution in [0, 0.1) is 0 Å². The Morgan fingerprint density at radius 1 is 1.50 bits per heavy atom. The van der Waals surface area contributed by atoms with E-state index in [9.17, 15) is 4.79 Å². The third-order valence-corrected chi connectivity index (χ3v) is 1.84. The van der Waals surface area contributed by atoms with Crippen LogP contribution in [0.5, 0.6) is 0 Å². The third kappa shape index (κ3) is 4.95. The Morgan fingerprint density at radius 2 is 2.25 bits per heavy atom. The molecule has 0 unspecified atom stereocenters. The molecule has 0 aliphatic carbocycles. The summed E-state index contributed by atoms with van der Waals surface area (Å²) in [7, 11) is 0. The van der Waals surface area contributed by atoms with Crippen LogP contribution in [0.3, 0.4) is 0 Å². The second-order valence-electron chi connectivity index (χ2n) is 3.06. The zero-order chi connectivity index (χ0) is 11.6. The van der Waals surface area contributed by atoms with E-state index in [0.717, 1.165) is 26.3 Å². The zero-order valence-corrected chi connectivity index (χ0v) is 9.40. The Kier molecular flexibility index (Phi) is 6.29. The highest BCUT2D eigenvalue weighted by molar-refractivity contribution is 5.86. The summed E-state index contributed by atoms with van der Waals surface area (Å²) >= 11 is 0. The van der Waals surface area contributed by atoms with Crippen LogP contribution in [0.2, 0.25) is 0 Å². The summed E-state index contributed by atoms with van der Waals surface area (Å²) in [6, 6.07) is 3.21. The summed E-state index contributed by atoms with van der Waals surface area (Å²) in [6.45, 7) is 5.96. The van der Waals surface area contributed by atoms with Crippen LogP contribution in [0.25, 0.3) is 0 Å². The average molecular weight is 227 g/mol.